The third kappa shape index (κ3) is 11.9. The zero-order valence-electron chi connectivity index (χ0n) is 31.8. The number of rotatable bonds is 8. The van der Waals surface area contributed by atoms with E-state index in [2.05, 4.69) is 137 Å². The number of halogens is 2. The Kier molecular flexibility index (Phi) is 17.0. The molecule has 0 unspecified atom stereocenters. The Balaban J connectivity index is 0.000000167. The van der Waals surface area contributed by atoms with E-state index in [1.54, 1.807) is 0 Å². The molecule has 52 heavy (non-hydrogen) atoms. The summed E-state index contributed by atoms with van der Waals surface area (Å²) in [6.07, 6.45) is 15.3. The van der Waals surface area contributed by atoms with E-state index in [4.69, 9.17) is 17.0 Å². The fourth-order valence-corrected chi connectivity index (χ4v) is 8.64. The quantitative estimate of drug-likeness (QED) is 0.106. The zero-order valence-corrected chi connectivity index (χ0v) is 36.8. The summed E-state index contributed by atoms with van der Waals surface area (Å²) in [5, 5.41) is 5.62. The van der Waals surface area contributed by atoms with Crippen LogP contribution in [0.25, 0.3) is 43.8 Å². The predicted molar refractivity (Wildman–Crippen MR) is 229 cm³/mol. The van der Waals surface area contributed by atoms with Crippen molar-refractivity contribution < 1.29 is 20.8 Å². The van der Waals surface area contributed by atoms with Crippen LogP contribution in [-0.4, -0.2) is 9.52 Å². The summed E-state index contributed by atoms with van der Waals surface area (Å²) < 4.78 is 0. The fraction of sp³-hybridized carbons (Fsp3) is 0.375. The number of fused-ring (bicyclic) bond motifs is 2. The molecule has 0 N–H and O–H groups in total. The van der Waals surface area contributed by atoms with E-state index < -0.39 is 20.8 Å². The average molecular weight is 823 g/mol. The average Bonchev–Trinajstić information content (AvgIpc) is 3.99. The standard InChI is InChI=1S/2C22H23.C4H10Si.2ClH.Zr/c2*1-16-9-11-19(12-10-16)21-8-4-7-20-14-18(15-22(20)21)13-17-5-2-3-6-17;1-3-4-5-2;;;/h2*4,7-12,14-15,17H,2-3,5-6,13H2,1H3;3-4H2,1-2H3;2*1H;/q2*-1;;;;+4/p-2. The van der Waals surface area contributed by atoms with Gasteiger partial charge >= 0.3 is 37.9 Å². The Labute approximate surface area is 335 Å². The molecule has 2 aliphatic carbocycles. The van der Waals surface area contributed by atoms with Gasteiger partial charge in [0.25, 0.3) is 0 Å². The number of hydrogen-bond donors (Lipinski definition) is 0. The van der Waals surface area contributed by atoms with Crippen LogP contribution in [0.15, 0.2) is 109 Å². The van der Waals surface area contributed by atoms with Gasteiger partial charge in [0.1, 0.15) is 0 Å². The molecule has 0 amide bonds. The molecule has 2 radical (unpaired) electrons. The molecule has 270 valence electrons. The van der Waals surface area contributed by atoms with Crippen LogP contribution < -0.4 is 0 Å². The van der Waals surface area contributed by atoms with Crippen LogP contribution in [-0.2, 0) is 33.7 Å². The van der Waals surface area contributed by atoms with E-state index in [1.807, 2.05) is 0 Å². The van der Waals surface area contributed by atoms with Crippen molar-refractivity contribution in [3.05, 3.63) is 131 Å². The minimum absolute atomic E-state index is 0.826. The van der Waals surface area contributed by atoms with E-state index in [1.165, 1.54) is 143 Å². The normalized spacial score (nSPS) is 14.3. The second kappa shape index (κ2) is 21.6. The van der Waals surface area contributed by atoms with Crippen molar-refractivity contribution in [1.29, 1.82) is 0 Å². The second-order valence-corrected chi connectivity index (χ2v) is 19.9. The number of hydrogen-bond acceptors (Lipinski definition) is 0. The van der Waals surface area contributed by atoms with Crippen molar-refractivity contribution >= 4 is 48.1 Å². The summed E-state index contributed by atoms with van der Waals surface area (Å²) in [5.41, 5.74) is 11.1. The first-order chi connectivity index (χ1) is 25.4. The molecule has 0 saturated heterocycles. The molecule has 6 aromatic rings. The van der Waals surface area contributed by atoms with Crippen LogP contribution in [0, 0.1) is 25.7 Å². The third-order valence-electron chi connectivity index (χ3n) is 10.8. The summed E-state index contributed by atoms with van der Waals surface area (Å²) in [4.78, 5) is 0. The molecule has 0 aliphatic heterocycles. The van der Waals surface area contributed by atoms with Crippen LogP contribution in [0.5, 0.6) is 0 Å². The molecule has 0 heterocycles. The molecular formula is C48H56Cl2SiZr. The van der Waals surface area contributed by atoms with Gasteiger partial charge in [0.15, 0.2) is 0 Å². The molecule has 0 nitrogen and oxygen atoms in total. The van der Waals surface area contributed by atoms with Crippen molar-refractivity contribution in [2.75, 3.05) is 0 Å². The monoisotopic (exact) mass is 820 g/mol. The molecule has 2 fully saturated rings. The Morgan fingerprint density at radius 1 is 0.615 bits per heavy atom. The molecule has 2 saturated carbocycles. The van der Waals surface area contributed by atoms with E-state index in [0.717, 1.165) is 21.4 Å². The van der Waals surface area contributed by atoms with Gasteiger partial charge in [-0.3, -0.25) is 0 Å². The number of aryl methyl sites for hydroxylation is 2. The van der Waals surface area contributed by atoms with E-state index in [0.29, 0.717) is 0 Å². The summed E-state index contributed by atoms with van der Waals surface area (Å²) >= 11 is -0.826. The number of benzene rings is 4. The molecule has 0 spiro atoms. The van der Waals surface area contributed by atoms with Crippen molar-refractivity contribution in [3.63, 3.8) is 0 Å². The van der Waals surface area contributed by atoms with Gasteiger partial charge in [-0.2, -0.15) is 12.1 Å². The summed E-state index contributed by atoms with van der Waals surface area (Å²) in [6.45, 7) is 8.75. The Morgan fingerprint density at radius 2 is 1.00 bits per heavy atom. The van der Waals surface area contributed by atoms with E-state index >= 15 is 0 Å². The van der Waals surface area contributed by atoms with Crippen molar-refractivity contribution in [3.8, 4) is 22.3 Å². The topological polar surface area (TPSA) is 0 Å². The Bertz CT molecular complexity index is 1770. The first-order valence-electron chi connectivity index (χ1n) is 19.5. The van der Waals surface area contributed by atoms with Gasteiger partial charge in [0.2, 0.25) is 0 Å². The maximum atomic E-state index is 4.93. The minimum atomic E-state index is -0.826. The zero-order chi connectivity index (χ0) is 36.7. The summed E-state index contributed by atoms with van der Waals surface area (Å²) in [7, 11) is 11.0. The first kappa shape index (κ1) is 41.0. The van der Waals surface area contributed by atoms with Crippen LogP contribution in [0.3, 0.4) is 0 Å². The summed E-state index contributed by atoms with van der Waals surface area (Å²) in [6, 6.07) is 42.3. The van der Waals surface area contributed by atoms with Crippen molar-refractivity contribution in [1.82, 2.24) is 0 Å². The van der Waals surface area contributed by atoms with Gasteiger partial charge in [0, 0.05) is 9.52 Å². The molecule has 0 bridgehead atoms. The van der Waals surface area contributed by atoms with E-state index in [9.17, 15) is 0 Å². The fourth-order valence-electron chi connectivity index (χ4n) is 8.14. The summed E-state index contributed by atoms with van der Waals surface area (Å²) in [5.74, 6) is 1.83. The maximum absolute atomic E-state index is 4.93. The molecule has 0 aromatic heterocycles. The van der Waals surface area contributed by atoms with Crippen LogP contribution in [0.4, 0.5) is 0 Å². The van der Waals surface area contributed by atoms with Gasteiger partial charge in [-0.15, -0.1) is 69.1 Å². The van der Waals surface area contributed by atoms with Crippen molar-refractivity contribution in [2.24, 2.45) is 11.8 Å². The second-order valence-electron chi connectivity index (χ2n) is 15.0. The van der Waals surface area contributed by atoms with Gasteiger partial charge in [-0.25, -0.2) is 0 Å². The van der Waals surface area contributed by atoms with Crippen LogP contribution in [0.2, 0.25) is 12.6 Å². The molecule has 4 heteroatoms. The molecular weight excluding hydrogens is 767 g/mol. The molecule has 2 aliphatic rings. The van der Waals surface area contributed by atoms with Crippen LogP contribution >= 0.6 is 17.0 Å². The first-order valence-corrected chi connectivity index (χ1v) is 27.6. The van der Waals surface area contributed by atoms with Gasteiger partial charge in [-0.1, -0.05) is 160 Å². The Hall–Kier alpha value is -2.22. The molecule has 8 rings (SSSR count). The van der Waals surface area contributed by atoms with E-state index in [-0.39, 0.29) is 0 Å². The molecule has 0 atom stereocenters. The predicted octanol–water partition coefficient (Wildman–Crippen LogP) is 15.5. The van der Waals surface area contributed by atoms with Gasteiger partial charge in [-0.05, 0) is 49.7 Å². The van der Waals surface area contributed by atoms with Crippen LogP contribution in [0.1, 0.15) is 87.0 Å². The van der Waals surface area contributed by atoms with Crippen molar-refractivity contribution in [2.45, 2.75) is 104 Å². The van der Waals surface area contributed by atoms with Gasteiger partial charge < -0.3 is 0 Å². The third-order valence-corrected chi connectivity index (χ3v) is 11.8. The SMILES string of the molecule is CCC[Si]C.Cc1ccc(-c2cccc3[cH-]c(CC4CCCC4)cc23)cc1.Cc1ccc(-c2cccc3[cH-]c(CC4CCCC4)cc23)cc1.[Cl][Zr+2][Cl]. The Morgan fingerprint density at radius 3 is 1.33 bits per heavy atom. The van der Waals surface area contributed by atoms with Gasteiger partial charge in [0.05, 0.1) is 0 Å². The molecule has 6 aromatic carbocycles.